The van der Waals surface area contributed by atoms with E-state index in [-0.39, 0.29) is 6.04 Å². The van der Waals surface area contributed by atoms with Gasteiger partial charge < -0.3 is 0 Å². The highest BCUT2D eigenvalue weighted by atomic mass is 15.4. The Balaban J connectivity index is 2.45. The Morgan fingerprint density at radius 3 is 2.88 bits per heavy atom. The lowest BCUT2D eigenvalue weighted by Crippen LogP contribution is -2.31. The fraction of sp³-hybridized carbons (Fsp3) is 0.300. The Labute approximate surface area is 93.5 Å². The van der Waals surface area contributed by atoms with Crippen LogP contribution in [-0.2, 0) is 7.05 Å². The first-order valence-electron chi connectivity index (χ1n) is 4.96. The molecular formula is C10H14N6. The number of nitrogens with one attached hydrogen (secondary N) is 1. The monoisotopic (exact) mass is 218 g/mol. The standard InChI is InChI=1S/C10H14N6/c1-7-4-3-5-12-9(7)10(14-11)8-6-13-15-16(8)2/h3-6,10,14H,11H2,1-2H3. The van der Waals surface area contributed by atoms with Crippen LogP contribution in [-0.4, -0.2) is 20.0 Å². The van der Waals surface area contributed by atoms with Crippen LogP contribution >= 0.6 is 0 Å². The molecule has 2 heterocycles. The van der Waals surface area contributed by atoms with Gasteiger partial charge in [0.1, 0.15) is 6.04 Å². The smallest absolute Gasteiger partial charge is 0.107 e. The van der Waals surface area contributed by atoms with Crippen molar-refractivity contribution >= 4 is 0 Å². The van der Waals surface area contributed by atoms with Crippen molar-refractivity contribution in [1.29, 1.82) is 0 Å². The Morgan fingerprint density at radius 2 is 2.31 bits per heavy atom. The van der Waals surface area contributed by atoms with Crippen LogP contribution in [0.4, 0.5) is 0 Å². The molecule has 0 saturated heterocycles. The molecule has 0 fully saturated rings. The molecule has 2 rings (SSSR count). The minimum absolute atomic E-state index is 0.193. The van der Waals surface area contributed by atoms with E-state index in [0.29, 0.717) is 0 Å². The lowest BCUT2D eigenvalue weighted by molar-refractivity contribution is 0.557. The molecule has 2 aromatic rings. The maximum absolute atomic E-state index is 5.57. The zero-order valence-corrected chi connectivity index (χ0v) is 9.25. The van der Waals surface area contributed by atoms with Gasteiger partial charge in [0.2, 0.25) is 0 Å². The number of nitrogens with two attached hydrogens (primary N) is 1. The first-order chi connectivity index (χ1) is 7.74. The van der Waals surface area contributed by atoms with E-state index in [1.165, 1.54) is 0 Å². The van der Waals surface area contributed by atoms with Crippen molar-refractivity contribution in [3.8, 4) is 0 Å². The summed E-state index contributed by atoms with van der Waals surface area (Å²) in [6.45, 7) is 2.00. The second kappa shape index (κ2) is 4.38. The van der Waals surface area contributed by atoms with Gasteiger partial charge in [-0.2, -0.15) is 0 Å². The van der Waals surface area contributed by atoms with E-state index in [1.807, 2.05) is 26.1 Å². The van der Waals surface area contributed by atoms with E-state index >= 15 is 0 Å². The highest BCUT2D eigenvalue weighted by Crippen LogP contribution is 2.20. The molecule has 0 aliphatic carbocycles. The zero-order chi connectivity index (χ0) is 11.5. The van der Waals surface area contributed by atoms with Crippen LogP contribution in [0.25, 0.3) is 0 Å². The van der Waals surface area contributed by atoms with Gasteiger partial charge in [-0.1, -0.05) is 11.3 Å². The summed E-state index contributed by atoms with van der Waals surface area (Å²) in [6, 6.07) is 3.70. The third-order valence-electron chi connectivity index (χ3n) is 2.54. The van der Waals surface area contributed by atoms with Crippen molar-refractivity contribution in [3.63, 3.8) is 0 Å². The molecule has 0 aliphatic heterocycles. The quantitative estimate of drug-likeness (QED) is 0.563. The van der Waals surface area contributed by atoms with Crippen molar-refractivity contribution in [2.75, 3.05) is 0 Å². The van der Waals surface area contributed by atoms with Crippen LogP contribution < -0.4 is 11.3 Å². The largest absolute Gasteiger partial charge is 0.270 e. The fourth-order valence-corrected chi connectivity index (χ4v) is 1.66. The molecule has 6 heteroatoms. The Morgan fingerprint density at radius 1 is 1.50 bits per heavy atom. The third-order valence-corrected chi connectivity index (χ3v) is 2.54. The number of aromatic nitrogens is 4. The van der Waals surface area contributed by atoms with E-state index in [9.17, 15) is 0 Å². The highest BCUT2D eigenvalue weighted by Gasteiger charge is 2.19. The molecule has 0 bridgehead atoms. The Bertz CT molecular complexity index is 478. The van der Waals surface area contributed by atoms with E-state index in [4.69, 9.17) is 5.84 Å². The number of hydrogen-bond acceptors (Lipinski definition) is 5. The summed E-state index contributed by atoms with van der Waals surface area (Å²) in [5.74, 6) is 5.57. The van der Waals surface area contributed by atoms with Crippen LogP contribution in [0.2, 0.25) is 0 Å². The molecule has 6 nitrogen and oxygen atoms in total. The van der Waals surface area contributed by atoms with Crippen molar-refractivity contribution in [2.24, 2.45) is 12.9 Å². The fourth-order valence-electron chi connectivity index (χ4n) is 1.66. The molecule has 0 saturated carbocycles. The molecule has 2 aromatic heterocycles. The second-order valence-electron chi connectivity index (χ2n) is 3.59. The predicted molar refractivity (Wildman–Crippen MR) is 59.1 cm³/mol. The van der Waals surface area contributed by atoms with Gasteiger partial charge >= 0.3 is 0 Å². The molecule has 84 valence electrons. The minimum atomic E-state index is -0.193. The van der Waals surface area contributed by atoms with Gasteiger partial charge in [-0.25, -0.2) is 5.43 Å². The van der Waals surface area contributed by atoms with Crippen molar-refractivity contribution in [1.82, 2.24) is 25.4 Å². The first-order valence-corrected chi connectivity index (χ1v) is 4.96. The summed E-state index contributed by atoms with van der Waals surface area (Å²) in [5.41, 5.74) is 5.58. The van der Waals surface area contributed by atoms with Crippen LogP contribution in [0, 0.1) is 6.92 Å². The molecule has 1 atom stereocenters. The van der Waals surface area contributed by atoms with Crippen molar-refractivity contribution < 1.29 is 0 Å². The Hall–Kier alpha value is -1.79. The Kier molecular flexibility index (Phi) is 2.93. The first kappa shape index (κ1) is 10.7. The number of nitrogens with zero attached hydrogens (tertiary/aromatic N) is 4. The summed E-state index contributed by atoms with van der Waals surface area (Å²) in [6.07, 6.45) is 3.43. The normalized spacial score (nSPS) is 12.7. The highest BCUT2D eigenvalue weighted by molar-refractivity contribution is 5.27. The van der Waals surface area contributed by atoms with Gasteiger partial charge in [-0.15, -0.1) is 5.10 Å². The molecule has 0 amide bonds. The lowest BCUT2D eigenvalue weighted by atomic mass is 10.1. The van der Waals surface area contributed by atoms with E-state index in [0.717, 1.165) is 17.0 Å². The van der Waals surface area contributed by atoms with Crippen LogP contribution in [0.5, 0.6) is 0 Å². The van der Waals surface area contributed by atoms with Gasteiger partial charge in [-0.05, 0) is 18.6 Å². The second-order valence-corrected chi connectivity index (χ2v) is 3.59. The molecule has 3 N–H and O–H groups in total. The number of hydrogen-bond donors (Lipinski definition) is 2. The number of aryl methyl sites for hydroxylation is 2. The summed E-state index contributed by atoms with van der Waals surface area (Å²) in [5, 5.41) is 7.72. The average molecular weight is 218 g/mol. The van der Waals surface area contributed by atoms with E-state index in [1.54, 1.807) is 17.1 Å². The topological polar surface area (TPSA) is 81.7 Å². The maximum Gasteiger partial charge on any atom is 0.107 e. The van der Waals surface area contributed by atoms with Crippen LogP contribution in [0.1, 0.15) is 23.0 Å². The van der Waals surface area contributed by atoms with Gasteiger partial charge in [-0.3, -0.25) is 15.5 Å². The predicted octanol–water partition coefficient (Wildman–Crippen LogP) is 0.0712. The van der Waals surface area contributed by atoms with Gasteiger partial charge in [0.25, 0.3) is 0 Å². The molecule has 0 aliphatic rings. The number of pyridine rings is 1. The summed E-state index contributed by atoms with van der Waals surface area (Å²) >= 11 is 0. The van der Waals surface area contributed by atoms with Crippen molar-refractivity contribution in [3.05, 3.63) is 41.5 Å². The molecule has 16 heavy (non-hydrogen) atoms. The van der Waals surface area contributed by atoms with Gasteiger partial charge in [0.15, 0.2) is 0 Å². The van der Waals surface area contributed by atoms with Gasteiger partial charge in [0.05, 0.1) is 17.6 Å². The van der Waals surface area contributed by atoms with Crippen LogP contribution in [0.3, 0.4) is 0 Å². The molecule has 1 unspecified atom stereocenters. The molecular weight excluding hydrogens is 204 g/mol. The molecule has 0 aromatic carbocycles. The average Bonchev–Trinajstić information content (AvgIpc) is 2.69. The molecule has 0 spiro atoms. The summed E-state index contributed by atoms with van der Waals surface area (Å²) in [4.78, 5) is 4.34. The zero-order valence-electron chi connectivity index (χ0n) is 9.25. The van der Waals surface area contributed by atoms with Gasteiger partial charge in [0, 0.05) is 13.2 Å². The van der Waals surface area contributed by atoms with Crippen molar-refractivity contribution in [2.45, 2.75) is 13.0 Å². The maximum atomic E-state index is 5.57. The third kappa shape index (κ3) is 1.80. The number of hydrazine groups is 1. The summed E-state index contributed by atoms with van der Waals surface area (Å²) in [7, 11) is 1.82. The summed E-state index contributed by atoms with van der Waals surface area (Å²) < 4.78 is 1.68. The van der Waals surface area contributed by atoms with E-state index < -0.39 is 0 Å². The number of rotatable bonds is 3. The van der Waals surface area contributed by atoms with E-state index in [2.05, 4.69) is 20.7 Å². The minimum Gasteiger partial charge on any atom is -0.270 e. The van der Waals surface area contributed by atoms with Crippen LogP contribution in [0.15, 0.2) is 24.5 Å². The molecule has 0 radical (unpaired) electrons. The SMILES string of the molecule is Cc1cccnc1C(NN)c1cnnn1C. The lowest BCUT2D eigenvalue weighted by Gasteiger charge is -2.16.